The third-order valence-corrected chi connectivity index (χ3v) is 6.76. The van der Waals surface area contributed by atoms with Gasteiger partial charge in [0, 0.05) is 73.7 Å². The maximum Gasteiger partial charge on any atom is 0.277 e. The highest BCUT2D eigenvalue weighted by Crippen LogP contribution is 2.32. The second-order valence-corrected chi connectivity index (χ2v) is 9.15. The summed E-state index contributed by atoms with van der Waals surface area (Å²) in [7, 11) is 0. The smallest absolute Gasteiger partial charge is 0.277 e. The highest BCUT2D eigenvalue weighted by molar-refractivity contribution is 5.93. The van der Waals surface area contributed by atoms with Gasteiger partial charge in [-0.25, -0.2) is 15.4 Å². The largest absolute Gasteiger partial charge is 0.395 e. The minimum atomic E-state index is -0.643. The molecule has 0 bridgehead atoms. The van der Waals surface area contributed by atoms with E-state index in [1.54, 1.807) is 5.48 Å². The summed E-state index contributed by atoms with van der Waals surface area (Å²) in [5, 5.41) is 28.6. The number of anilines is 1. The molecule has 0 saturated carbocycles. The number of aromatic amines is 1. The molecule has 0 spiro atoms. The van der Waals surface area contributed by atoms with Gasteiger partial charge >= 0.3 is 0 Å². The lowest BCUT2D eigenvalue weighted by atomic mass is 9.98. The van der Waals surface area contributed by atoms with Crippen LogP contribution in [0.4, 0.5) is 5.95 Å². The molecule has 0 saturated heterocycles. The molecule has 37 heavy (non-hydrogen) atoms. The molecule has 2 aromatic carbocycles. The first-order chi connectivity index (χ1) is 18.1. The number of rotatable bonds is 9. The number of benzene rings is 2. The summed E-state index contributed by atoms with van der Waals surface area (Å²) in [4.78, 5) is 27.9. The molecule has 5 N–H and O–H groups in total. The number of carbonyl (C=O) groups is 1. The average molecular weight is 503 g/mol. The zero-order valence-corrected chi connectivity index (χ0v) is 20.4. The minimum absolute atomic E-state index is 0.0547. The van der Waals surface area contributed by atoms with E-state index >= 15 is 0 Å². The Morgan fingerprint density at radius 1 is 1.05 bits per heavy atom. The van der Waals surface area contributed by atoms with Gasteiger partial charge in [0.05, 0.1) is 18.8 Å². The van der Waals surface area contributed by atoms with Crippen LogP contribution in [0.3, 0.4) is 0 Å². The number of carbonyl (C=O) groups excluding carboxylic acids is 1. The maximum atomic E-state index is 11.6. The molecule has 3 heterocycles. The van der Waals surface area contributed by atoms with E-state index in [9.17, 15) is 15.0 Å². The van der Waals surface area contributed by atoms with Gasteiger partial charge in [-0.2, -0.15) is 0 Å². The summed E-state index contributed by atoms with van der Waals surface area (Å²) in [6.45, 7) is 3.19. The van der Waals surface area contributed by atoms with Crippen molar-refractivity contribution in [3.63, 3.8) is 0 Å². The van der Waals surface area contributed by atoms with Crippen LogP contribution in [0.2, 0.25) is 0 Å². The Morgan fingerprint density at radius 3 is 2.54 bits per heavy atom. The van der Waals surface area contributed by atoms with E-state index in [0.29, 0.717) is 32.1 Å². The van der Waals surface area contributed by atoms with E-state index in [4.69, 9.17) is 5.21 Å². The molecule has 0 aliphatic carbocycles. The van der Waals surface area contributed by atoms with Crippen LogP contribution in [0.5, 0.6) is 0 Å². The summed E-state index contributed by atoms with van der Waals surface area (Å²) in [6.07, 6.45) is 3.64. The number of hydroxylamine groups is 1. The van der Waals surface area contributed by atoms with Crippen LogP contribution >= 0.6 is 0 Å². The number of amides is 1. The van der Waals surface area contributed by atoms with Gasteiger partial charge < -0.3 is 20.1 Å². The van der Waals surface area contributed by atoms with Crippen molar-refractivity contribution in [3.8, 4) is 11.1 Å². The second kappa shape index (κ2) is 11.1. The predicted octanol–water partition coefficient (Wildman–Crippen LogP) is 2.09. The van der Waals surface area contributed by atoms with Gasteiger partial charge in [0.15, 0.2) is 0 Å². The molecule has 0 unspecified atom stereocenters. The second-order valence-electron chi connectivity index (χ2n) is 9.15. The highest BCUT2D eigenvalue weighted by atomic mass is 16.5. The molecule has 4 aromatic rings. The molecule has 10 heteroatoms. The SMILES string of the molecule is O=C(NO)c1cnc(N2CCc3[nH]c4ccc(-c5cccc(CN(CCO)CCO)c5)cc4c3C2)nc1. The van der Waals surface area contributed by atoms with Crippen LogP contribution in [0.1, 0.15) is 27.2 Å². The van der Waals surface area contributed by atoms with Crippen molar-refractivity contribution in [2.24, 2.45) is 0 Å². The summed E-state index contributed by atoms with van der Waals surface area (Å²) in [5.74, 6) is -0.108. The van der Waals surface area contributed by atoms with Crippen molar-refractivity contribution < 1.29 is 20.2 Å². The van der Waals surface area contributed by atoms with Gasteiger partial charge in [0.2, 0.25) is 5.95 Å². The third kappa shape index (κ3) is 5.32. The monoisotopic (exact) mass is 502 g/mol. The number of fused-ring (bicyclic) bond motifs is 3. The van der Waals surface area contributed by atoms with Crippen molar-refractivity contribution >= 4 is 22.8 Å². The lowest BCUT2D eigenvalue weighted by Crippen LogP contribution is -2.31. The molecule has 0 fully saturated rings. The molecule has 5 rings (SSSR count). The number of hydrogen-bond acceptors (Lipinski definition) is 8. The highest BCUT2D eigenvalue weighted by Gasteiger charge is 2.23. The number of hydrogen-bond donors (Lipinski definition) is 5. The summed E-state index contributed by atoms with van der Waals surface area (Å²) in [5.41, 5.74) is 8.62. The molecule has 1 aliphatic rings. The molecule has 1 aliphatic heterocycles. The first-order valence-corrected chi connectivity index (χ1v) is 12.3. The summed E-state index contributed by atoms with van der Waals surface area (Å²) in [6, 6.07) is 14.8. The first-order valence-electron chi connectivity index (χ1n) is 12.3. The fraction of sp³-hybridized carbons (Fsp3) is 0.296. The number of aliphatic hydroxyl groups is 2. The van der Waals surface area contributed by atoms with E-state index < -0.39 is 5.91 Å². The van der Waals surface area contributed by atoms with Crippen LogP contribution in [0.25, 0.3) is 22.0 Å². The molecular formula is C27H30N6O4. The van der Waals surface area contributed by atoms with Crippen molar-refractivity contribution in [1.82, 2.24) is 25.3 Å². The fourth-order valence-electron chi connectivity index (χ4n) is 4.89. The molecule has 10 nitrogen and oxygen atoms in total. The minimum Gasteiger partial charge on any atom is -0.395 e. The van der Waals surface area contributed by atoms with E-state index in [-0.39, 0.29) is 18.8 Å². The van der Waals surface area contributed by atoms with Gasteiger partial charge in [-0.1, -0.05) is 24.3 Å². The Hall–Kier alpha value is -3.83. The van der Waals surface area contributed by atoms with E-state index in [2.05, 4.69) is 56.3 Å². The Balaban J connectivity index is 1.40. The Labute approximate surface area is 214 Å². The number of nitrogens with zero attached hydrogens (tertiary/aromatic N) is 4. The Bertz CT molecular complexity index is 1380. The van der Waals surface area contributed by atoms with Crippen LogP contribution in [0.15, 0.2) is 54.9 Å². The molecule has 0 radical (unpaired) electrons. The lowest BCUT2D eigenvalue weighted by molar-refractivity contribution is 0.0705. The topological polar surface area (TPSA) is 138 Å². The first kappa shape index (κ1) is 24.8. The Kier molecular flexibility index (Phi) is 7.42. The van der Waals surface area contributed by atoms with Gasteiger partial charge in [-0.3, -0.25) is 14.9 Å². The molecule has 192 valence electrons. The van der Waals surface area contributed by atoms with E-state index in [1.165, 1.54) is 23.7 Å². The van der Waals surface area contributed by atoms with Crippen LogP contribution < -0.4 is 10.4 Å². The molecular weight excluding hydrogens is 472 g/mol. The van der Waals surface area contributed by atoms with Crippen molar-refractivity contribution in [2.75, 3.05) is 37.7 Å². The molecule has 1 amide bonds. The van der Waals surface area contributed by atoms with Gasteiger partial charge in [-0.05, 0) is 34.9 Å². The maximum absolute atomic E-state index is 11.6. The fourth-order valence-corrected chi connectivity index (χ4v) is 4.89. The zero-order valence-electron chi connectivity index (χ0n) is 20.4. The van der Waals surface area contributed by atoms with Gasteiger partial charge in [-0.15, -0.1) is 0 Å². The zero-order chi connectivity index (χ0) is 25.8. The number of H-pyrrole nitrogens is 1. The van der Waals surface area contributed by atoms with Crippen molar-refractivity contribution in [2.45, 2.75) is 19.5 Å². The number of aromatic nitrogens is 3. The number of aliphatic hydroxyl groups excluding tert-OH is 2. The predicted molar refractivity (Wildman–Crippen MR) is 139 cm³/mol. The van der Waals surface area contributed by atoms with Crippen LogP contribution in [-0.2, 0) is 19.5 Å². The Morgan fingerprint density at radius 2 is 1.81 bits per heavy atom. The number of nitrogens with one attached hydrogen (secondary N) is 2. The lowest BCUT2D eigenvalue weighted by Gasteiger charge is -2.27. The van der Waals surface area contributed by atoms with Crippen LogP contribution in [0, 0.1) is 0 Å². The van der Waals surface area contributed by atoms with Gasteiger partial charge in [0.25, 0.3) is 5.91 Å². The van der Waals surface area contributed by atoms with E-state index in [1.807, 2.05) is 11.0 Å². The molecule has 0 atom stereocenters. The summed E-state index contributed by atoms with van der Waals surface area (Å²) < 4.78 is 0. The third-order valence-electron chi connectivity index (χ3n) is 6.76. The average Bonchev–Trinajstić information content (AvgIpc) is 3.30. The quantitative estimate of drug-likeness (QED) is 0.173. The van der Waals surface area contributed by atoms with Crippen molar-refractivity contribution in [1.29, 1.82) is 0 Å². The van der Waals surface area contributed by atoms with Crippen molar-refractivity contribution in [3.05, 3.63) is 77.2 Å². The van der Waals surface area contributed by atoms with Gasteiger partial charge in [0.1, 0.15) is 0 Å². The van der Waals surface area contributed by atoms with Crippen LogP contribution in [-0.4, -0.2) is 74.0 Å². The standard InChI is InChI=1S/C27H30N6O4/c34-10-8-32(9-11-35)16-18-2-1-3-19(12-18)20-4-5-24-22(13-20)23-17-33(7-6-25(23)30-24)27-28-14-21(15-29-27)26(36)31-37/h1-5,12-15,30,34-35,37H,6-11,16-17H2,(H,31,36). The normalized spacial score (nSPS) is 13.2. The molecule has 2 aromatic heterocycles. The van der Waals surface area contributed by atoms with E-state index in [0.717, 1.165) is 40.6 Å². The summed E-state index contributed by atoms with van der Waals surface area (Å²) >= 11 is 0.